The Morgan fingerprint density at radius 2 is 1.84 bits per heavy atom. The number of fused-ring (bicyclic) bond motifs is 1. The highest BCUT2D eigenvalue weighted by Crippen LogP contribution is 2.26. The van der Waals surface area contributed by atoms with E-state index in [2.05, 4.69) is 31.5 Å². The summed E-state index contributed by atoms with van der Waals surface area (Å²) in [5.74, 6) is 1.72. The first kappa shape index (κ1) is 19.8. The van der Waals surface area contributed by atoms with E-state index in [-0.39, 0.29) is 0 Å². The van der Waals surface area contributed by atoms with Crippen molar-refractivity contribution in [2.24, 2.45) is 0 Å². The molecule has 0 saturated carbocycles. The summed E-state index contributed by atoms with van der Waals surface area (Å²) >= 11 is 6.27. The smallest absolute Gasteiger partial charge is 0.180 e. The molecule has 3 aromatic heterocycles. The van der Waals surface area contributed by atoms with Crippen molar-refractivity contribution in [1.82, 2.24) is 24.3 Å². The predicted octanol–water partition coefficient (Wildman–Crippen LogP) is 3.81. The van der Waals surface area contributed by atoms with Crippen LogP contribution in [0.5, 0.6) is 0 Å². The third kappa shape index (κ3) is 4.06. The van der Waals surface area contributed by atoms with Crippen LogP contribution in [0.25, 0.3) is 17.0 Å². The number of nitrogens with zero attached hydrogens (tertiary/aromatic N) is 6. The maximum atomic E-state index is 6.27. The molecule has 0 aliphatic carbocycles. The Morgan fingerprint density at radius 1 is 1.00 bits per heavy atom. The molecule has 1 fully saturated rings. The quantitative estimate of drug-likeness (QED) is 0.516. The maximum absolute atomic E-state index is 6.27. The van der Waals surface area contributed by atoms with Crippen molar-refractivity contribution in [3.8, 4) is 11.4 Å². The molecular weight excluding hydrogens is 410 g/mol. The van der Waals surface area contributed by atoms with Gasteiger partial charge in [0.05, 0.1) is 17.6 Å². The molecule has 1 aliphatic rings. The van der Waals surface area contributed by atoms with Gasteiger partial charge in [-0.2, -0.15) is 0 Å². The van der Waals surface area contributed by atoms with Gasteiger partial charge in [-0.15, -0.1) is 0 Å². The number of hydrogen-bond donors (Lipinski definition) is 1. The van der Waals surface area contributed by atoms with E-state index in [1.165, 1.54) is 0 Å². The molecule has 0 atom stereocenters. The molecule has 0 spiro atoms. The highest BCUT2D eigenvalue weighted by Gasteiger charge is 2.20. The van der Waals surface area contributed by atoms with Gasteiger partial charge in [0.15, 0.2) is 11.5 Å². The van der Waals surface area contributed by atoms with E-state index in [0.717, 1.165) is 65.4 Å². The molecule has 31 heavy (non-hydrogen) atoms. The minimum absolute atomic E-state index is 0.612. The lowest BCUT2D eigenvalue weighted by atomic mass is 10.2. The maximum Gasteiger partial charge on any atom is 0.180 e. The van der Waals surface area contributed by atoms with Crippen molar-refractivity contribution in [3.63, 3.8) is 0 Å². The predicted molar refractivity (Wildman–Crippen MR) is 125 cm³/mol. The molecule has 7 nitrogen and oxygen atoms in total. The number of anilines is 2. The number of piperazine rings is 1. The lowest BCUT2D eigenvalue weighted by Crippen LogP contribution is -2.45. The highest BCUT2D eigenvalue weighted by molar-refractivity contribution is 6.31. The molecule has 0 unspecified atom stereocenters. The van der Waals surface area contributed by atoms with Crippen molar-refractivity contribution >= 4 is 28.9 Å². The van der Waals surface area contributed by atoms with Crippen molar-refractivity contribution < 1.29 is 0 Å². The first-order valence-electron chi connectivity index (χ1n) is 10.4. The van der Waals surface area contributed by atoms with Gasteiger partial charge < -0.3 is 15.1 Å². The summed E-state index contributed by atoms with van der Waals surface area (Å²) in [6, 6.07) is 13.8. The molecule has 0 amide bonds. The zero-order chi connectivity index (χ0) is 21.2. The summed E-state index contributed by atoms with van der Waals surface area (Å²) < 4.78 is 2.07. The zero-order valence-corrected chi connectivity index (χ0v) is 18.1. The summed E-state index contributed by atoms with van der Waals surface area (Å²) in [7, 11) is 2.15. The number of hydrogen-bond acceptors (Lipinski definition) is 6. The molecule has 1 saturated heterocycles. The number of pyridine rings is 1. The second-order valence-corrected chi connectivity index (χ2v) is 8.14. The number of nitrogens with one attached hydrogen (secondary N) is 1. The van der Waals surface area contributed by atoms with E-state index in [1.54, 1.807) is 0 Å². The van der Waals surface area contributed by atoms with E-state index in [4.69, 9.17) is 21.6 Å². The average Bonchev–Trinajstić information content (AvgIpc) is 3.24. The Balaban J connectivity index is 1.41. The normalized spacial score (nSPS) is 14.8. The van der Waals surface area contributed by atoms with Gasteiger partial charge in [-0.3, -0.25) is 4.40 Å². The number of imidazole rings is 1. The molecule has 8 heteroatoms. The molecule has 0 bridgehead atoms. The SMILES string of the molecule is CN1CCN(c2nccn3c(-c4cccc(NCc5ccccc5Cl)n4)cnc23)CC1. The van der Waals surface area contributed by atoms with E-state index in [1.807, 2.05) is 61.1 Å². The molecular formula is C23H24ClN7. The van der Waals surface area contributed by atoms with Crippen LogP contribution in [0.2, 0.25) is 5.02 Å². The Bertz CT molecular complexity index is 1200. The topological polar surface area (TPSA) is 61.6 Å². The lowest BCUT2D eigenvalue weighted by Gasteiger charge is -2.33. The minimum atomic E-state index is 0.612. The molecule has 1 aromatic carbocycles. The van der Waals surface area contributed by atoms with Crippen LogP contribution in [-0.2, 0) is 6.54 Å². The minimum Gasteiger partial charge on any atom is -0.366 e. The van der Waals surface area contributed by atoms with E-state index in [9.17, 15) is 0 Å². The van der Waals surface area contributed by atoms with Crippen molar-refractivity contribution in [2.45, 2.75) is 6.54 Å². The second-order valence-electron chi connectivity index (χ2n) is 7.73. The van der Waals surface area contributed by atoms with Gasteiger partial charge in [0.1, 0.15) is 5.82 Å². The summed E-state index contributed by atoms with van der Waals surface area (Å²) in [6.07, 6.45) is 5.66. The van der Waals surface area contributed by atoms with Crippen LogP contribution in [0.15, 0.2) is 61.1 Å². The van der Waals surface area contributed by atoms with Crippen molar-refractivity contribution in [2.75, 3.05) is 43.4 Å². The van der Waals surface area contributed by atoms with Gasteiger partial charge in [0.25, 0.3) is 0 Å². The van der Waals surface area contributed by atoms with Crippen LogP contribution < -0.4 is 10.2 Å². The second kappa shape index (κ2) is 8.53. The zero-order valence-electron chi connectivity index (χ0n) is 17.4. The fourth-order valence-electron chi connectivity index (χ4n) is 3.84. The van der Waals surface area contributed by atoms with Crippen LogP contribution in [-0.4, -0.2) is 57.5 Å². The van der Waals surface area contributed by atoms with Crippen molar-refractivity contribution in [3.05, 3.63) is 71.6 Å². The summed E-state index contributed by atoms with van der Waals surface area (Å²) in [5, 5.41) is 4.12. The Kier molecular flexibility index (Phi) is 5.44. The first-order valence-corrected chi connectivity index (χ1v) is 10.8. The molecule has 5 rings (SSSR count). The lowest BCUT2D eigenvalue weighted by molar-refractivity contribution is 0.312. The molecule has 1 N–H and O–H groups in total. The number of halogens is 1. The van der Waals surface area contributed by atoms with Gasteiger partial charge in [-0.05, 0) is 30.8 Å². The largest absolute Gasteiger partial charge is 0.366 e. The Morgan fingerprint density at radius 3 is 2.68 bits per heavy atom. The molecule has 4 heterocycles. The van der Waals surface area contributed by atoms with E-state index < -0.39 is 0 Å². The highest BCUT2D eigenvalue weighted by atomic mass is 35.5. The van der Waals surface area contributed by atoms with Crippen LogP contribution in [0.4, 0.5) is 11.6 Å². The third-order valence-electron chi connectivity index (χ3n) is 5.64. The number of benzene rings is 1. The van der Waals surface area contributed by atoms with Gasteiger partial charge in [-0.1, -0.05) is 35.9 Å². The van der Waals surface area contributed by atoms with Gasteiger partial charge in [0.2, 0.25) is 0 Å². The van der Waals surface area contributed by atoms with Crippen molar-refractivity contribution in [1.29, 1.82) is 0 Å². The fourth-order valence-corrected chi connectivity index (χ4v) is 4.04. The standard InChI is InChI=1S/C23H24ClN7/c1-29-11-13-30(14-12-29)22-23-27-16-20(31(23)10-9-25-22)19-7-4-8-21(28-19)26-15-17-5-2-3-6-18(17)24/h2-10,16H,11-15H2,1H3,(H,26,28). The molecule has 4 aromatic rings. The number of aromatic nitrogens is 4. The average molecular weight is 434 g/mol. The van der Waals surface area contributed by atoms with E-state index in [0.29, 0.717) is 6.54 Å². The summed E-state index contributed by atoms with van der Waals surface area (Å²) in [6.45, 7) is 4.56. The van der Waals surface area contributed by atoms with Gasteiger partial charge >= 0.3 is 0 Å². The number of likely N-dealkylation sites (N-methyl/N-ethyl adjacent to an activating group) is 1. The van der Waals surface area contributed by atoms with Crippen LogP contribution in [0, 0.1) is 0 Å². The van der Waals surface area contributed by atoms with Crippen LogP contribution in [0.3, 0.4) is 0 Å². The van der Waals surface area contributed by atoms with Crippen LogP contribution >= 0.6 is 11.6 Å². The Labute approximate surface area is 186 Å². The van der Waals surface area contributed by atoms with Gasteiger partial charge in [-0.25, -0.2) is 15.0 Å². The summed E-state index contributed by atoms with van der Waals surface area (Å²) in [4.78, 5) is 18.8. The molecule has 158 valence electrons. The molecule has 1 aliphatic heterocycles. The molecule has 0 radical (unpaired) electrons. The summed E-state index contributed by atoms with van der Waals surface area (Å²) in [5.41, 5.74) is 3.69. The first-order chi connectivity index (χ1) is 15.2. The Hall–Kier alpha value is -3.16. The number of rotatable bonds is 5. The van der Waals surface area contributed by atoms with E-state index >= 15 is 0 Å². The van der Waals surface area contributed by atoms with Crippen LogP contribution in [0.1, 0.15) is 5.56 Å². The van der Waals surface area contributed by atoms with Gasteiger partial charge in [0, 0.05) is 50.1 Å². The third-order valence-corrected chi connectivity index (χ3v) is 6.01. The fraction of sp³-hybridized carbons (Fsp3) is 0.261. The monoisotopic (exact) mass is 433 g/mol.